The third-order valence-corrected chi connectivity index (χ3v) is 16.7. The molecule has 340 valence electrons. The van der Waals surface area contributed by atoms with Gasteiger partial charge in [0, 0.05) is 50.4 Å². The molecule has 0 aromatic heterocycles. The highest BCUT2D eigenvalue weighted by Crippen LogP contribution is 2.57. The Hall–Kier alpha value is -8.20. The molecule has 0 amide bonds. The fraction of sp³-hybridized carbons (Fsp3) is 0.130. The van der Waals surface area contributed by atoms with Crippen LogP contribution in [0.4, 0.5) is 34.1 Å². The van der Waals surface area contributed by atoms with Crippen LogP contribution >= 0.6 is 0 Å². The van der Waals surface area contributed by atoms with E-state index in [-0.39, 0.29) is 16.2 Å². The summed E-state index contributed by atoms with van der Waals surface area (Å²) in [6, 6.07) is 82.0. The molecule has 2 nitrogen and oxygen atoms in total. The number of fused-ring (bicyclic) bond motifs is 15. The van der Waals surface area contributed by atoms with E-state index in [1.165, 1.54) is 105 Å². The molecule has 0 saturated carbocycles. The van der Waals surface area contributed by atoms with Gasteiger partial charge in [0.2, 0.25) is 0 Å². The Labute approximate surface area is 417 Å². The molecule has 0 fully saturated rings. The van der Waals surface area contributed by atoms with Gasteiger partial charge >= 0.3 is 0 Å². The Morgan fingerprint density at radius 1 is 0.239 bits per heavy atom. The predicted molar refractivity (Wildman–Crippen MR) is 301 cm³/mol. The second-order valence-electron chi connectivity index (χ2n) is 21.7. The molecule has 0 unspecified atom stereocenters. The predicted octanol–water partition coefficient (Wildman–Crippen LogP) is 19.0. The van der Waals surface area contributed by atoms with Gasteiger partial charge in [0.15, 0.2) is 0 Å². The average Bonchev–Trinajstić information content (AvgIpc) is 3.88. The van der Waals surface area contributed by atoms with E-state index >= 15 is 0 Å². The maximum absolute atomic E-state index is 2.47. The fourth-order valence-corrected chi connectivity index (χ4v) is 13.4. The lowest BCUT2D eigenvalue weighted by atomic mass is 9.79. The lowest BCUT2D eigenvalue weighted by Crippen LogP contribution is -2.18. The molecule has 2 heteroatoms. The van der Waals surface area contributed by atoms with Crippen molar-refractivity contribution < 1.29 is 0 Å². The first-order chi connectivity index (χ1) is 34.5. The fourth-order valence-electron chi connectivity index (χ4n) is 13.4. The quantitative estimate of drug-likeness (QED) is 0.164. The first-order valence-corrected chi connectivity index (χ1v) is 25.3. The summed E-state index contributed by atoms with van der Waals surface area (Å²) in [6.07, 6.45) is 0. The topological polar surface area (TPSA) is 6.48 Å². The van der Waals surface area contributed by atoms with Gasteiger partial charge in [-0.15, -0.1) is 0 Å². The standard InChI is InChI=1S/C69H54N2/c1-67(2)61-40-49(29-36-55(61)58-32-25-43-17-13-15-23-52(43)64(58)67)70(46-19-9-7-10-20-46)48-28-35-54-45(39-48)27-34-60-57-38-31-51(42-63(57)69(5,6)66(54)60)71(47-21-11-8-12-22-47)50-30-37-56-59-33-26-44-18-14-16-24-53(44)65(59)68(3,4)62(56)41-50/h7-42H,1-6H3. The SMILES string of the molecule is CC1(C)c2cc(N(c3ccccc3)c3ccc4c(c3)C(C)(C)c3c-4ccc4cc(N(c5ccccc5)c5ccc6c(c5)C(C)(C)c5c-6ccc6ccccc56)ccc34)ccc2-c2ccc3ccccc3c21. The number of hydrogen-bond acceptors (Lipinski definition) is 2. The maximum atomic E-state index is 2.47. The lowest BCUT2D eigenvalue weighted by molar-refractivity contribution is 0.666. The van der Waals surface area contributed by atoms with Gasteiger partial charge in [0.05, 0.1) is 0 Å². The van der Waals surface area contributed by atoms with Crippen LogP contribution in [0.5, 0.6) is 0 Å². The zero-order chi connectivity index (χ0) is 48.0. The number of para-hydroxylation sites is 2. The molecule has 11 aromatic rings. The van der Waals surface area contributed by atoms with Gasteiger partial charge in [-0.05, 0) is 172 Å². The summed E-state index contributed by atoms with van der Waals surface area (Å²) >= 11 is 0. The molecule has 0 spiro atoms. The Balaban J connectivity index is 0.853. The third kappa shape index (κ3) is 5.95. The van der Waals surface area contributed by atoms with Crippen LogP contribution < -0.4 is 9.80 Å². The molecule has 71 heavy (non-hydrogen) atoms. The molecule has 0 bridgehead atoms. The summed E-state index contributed by atoms with van der Waals surface area (Å²) in [7, 11) is 0. The van der Waals surface area contributed by atoms with Gasteiger partial charge in [-0.1, -0.05) is 187 Å². The van der Waals surface area contributed by atoms with E-state index in [0.717, 1.165) is 28.4 Å². The van der Waals surface area contributed by atoms with Gasteiger partial charge in [-0.2, -0.15) is 0 Å². The number of rotatable bonds is 6. The van der Waals surface area contributed by atoms with E-state index in [1.54, 1.807) is 0 Å². The minimum atomic E-state index is -0.253. The van der Waals surface area contributed by atoms with Crippen molar-refractivity contribution in [3.05, 3.63) is 252 Å². The first-order valence-electron chi connectivity index (χ1n) is 25.3. The zero-order valence-corrected chi connectivity index (χ0v) is 41.2. The Kier molecular flexibility index (Phi) is 8.76. The lowest BCUT2D eigenvalue weighted by Gasteiger charge is -2.30. The molecule has 0 aliphatic heterocycles. The highest BCUT2D eigenvalue weighted by molar-refractivity contribution is 6.02. The van der Waals surface area contributed by atoms with Crippen molar-refractivity contribution in [1.29, 1.82) is 0 Å². The molecule has 3 aliphatic rings. The van der Waals surface area contributed by atoms with E-state index in [1.807, 2.05) is 0 Å². The van der Waals surface area contributed by atoms with E-state index in [2.05, 4.69) is 270 Å². The summed E-state index contributed by atoms with van der Waals surface area (Å²) < 4.78 is 0. The molecular weight excluding hydrogens is 857 g/mol. The molecule has 0 atom stereocenters. The highest BCUT2D eigenvalue weighted by atomic mass is 15.1. The van der Waals surface area contributed by atoms with Gasteiger partial charge in [0.1, 0.15) is 0 Å². The normalized spacial score (nSPS) is 15.0. The number of anilines is 6. The zero-order valence-electron chi connectivity index (χ0n) is 41.2. The van der Waals surface area contributed by atoms with Crippen LogP contribution in [0.2, 0.25) is 0 Å². The van der Waals surface area contributed by atoms with Crippen molar-refractivity contribution in [2.45, 2.75) is 57.8 Å². The van der Waals surface area contributed by atoms with Crippen LogP contribution in [-0.2, 0) is 16.2 Å². The Morgan fingerprint density at radius 3 is 0.958 bits per heavy atom. The highest BCUT2D eigenvalue weighted by Gasteiger charge is 2.41. The average molecular weight is 911 g/mol. The van der Waals surface area contributed by atoms with Crippen LogP contribution in [0.3, 0.4) is 0 Å². The molecule has 0 saturated heterocycles. The van der Waals surface area contributed by atoms with Crippen LogP contribution in [0.25, 0.3) is 65.7 Å². The minimum absolute atomic E-state index is 0.160. The van der Waals surface area contributed by atoms with Crippen LogP contribution in [-0.4, -0.2) is 0 Å². The van der Waals surface area contributed by atoms with Crippen molar-refractivity contribution in [1.82, 2.24) is 0 Å². The number of benzene rings is 11. The van der Waals surface area contributed by atoms with Crippen molar-refractivity contribution in [3.8, 4) is 33.4 Å². The minimum Gasteiger partial charge on any atom is -0.310 e. The van der Waals surface area contributed by atoms with Gasteiger partial charge in [-0.3, -0.25) is 0 Å². The van der Waals surface area contributed by atoms with Crippen LogP contribution in [0.1, 0.15) is 74.9 Å². The van der Waals surface area contributed by atoms with Crippen molar-refractivity contribution in [3.63, 3.8) is 0 Å². The van der Waals surface area contributed by atoms with Gasteiger partial charge in [-0.25, -0.2) is 0 Å². The molecular formula is C69H54N2. The molecule has 0 radical (unpaired) electrons. The summed E-state index contributed by atoms with van der Waals surface area (Å²) in [5.74, 6) is 0. The molecule has 14 rings (SSSR count). The van der Waals surface area contributed by atoms with Crippen molar-refractivity contribution in [2.24, 2.45) is 0 Å². The number of hydrogen-bond donors (Lipinski definition) is 0. The summed E-state index contributed by atoms with van der Waals surface area (Å²) in [5.41, 5.74) is 22.6. The Bertz CT molecular complexity index is 4030. The summed E-state index contributed by atoms with van der Waals surface area (Å²) in [5, 5.41) is 7.81. The van der Waals surface area contributed by atoms with Gasteiger partial charge in [0.25, 0.3) is 0 Å². The summed E-state index contributed by atoms with van der Waals surface area (Å²) in [4.78, 5) is 4.90. The van der Waals surface area contributed by atoms with E-state index in [9.17, 15) is 0 Å². The first kappa shape index (κ1) is 41.7. The van der Waals surface area contributed by atoms with Crippen LogP contribution in [0.15, 0.2) is 218 Å². The monoisotopic (exact) mass is 910 g/mol. The maximum Gasteiger partial charge on any atom is 0.0468 e. The largest absolute Gasteiger partial charge is 0.310 e. The second kappa shape index (κ2) is 14.9. The molecule has 3 aliphatic carbocycles. The van der Waals surface area contributed by atoms with Crippen LogP contribution in [0, 0.1) is 0 Å². The number of nitrogens with zero attached hydrogens (tertiary/aromatic N) is 2. The van der Waals surface area contributed by atoms with E-state index in [0.29, 0.717) is 0 Å². The van der Waals surface area contributed by atoms with Gasteiger partial charge < -0.3 is 9.80 Å². The third-order valence-electron chi connectivity index (χ3n) is 16.7. The molecule has 11 aromatic carbocycles. The van der Waals surface area contributed by atoms with E-state index < -0.39 is 0 Å². The van der Waals surface area contributed by atoms with Crippen molar-refractivity contribution >= 4 is 66.4 Å². The molecule has 0 heterocycles. The smallest absolute Gasteiger partial charge is 0.0468 e. The summed E-state index contributed by atoms with van der Waals surface area (Å²) in [6.45, 7) is 14.4. The second-order valence-corrected chi connectivity index (χ2v) is 21.7. The van der Waals surface area contributed by atoms with Crippen molar-refractivity contribution in [2.75, 3.05) is 9.80 Å². The Morgan fingerprint density at radius 2 is 0.549 bits per heavy atom. The van der Waals surface area contributed by atoms with E-state index in [4.69, 9.17) is 0 Å². The molecule has 0 N–H and O–H groups in total.